The molecule has 0 bridgehead atoms. The van der Waals surface area contributed by atoms with Gasteiger partial charge in [0.05, 0.1) is 0 Å². The van der Waals surface area contributed by atoms with Crippen LogP contribution >= 0.6 is 0 Å². The summed E-state index contributed by atoms with van der Waals surface area (Å²) in [6.45, 7) is 7.55. The Morgan fingerprint density at radius 1 is 1.17 bits per heavy atom. The molecule has 1 nitrogen and oxygen atoms in total. The molecule has 0 aromatic carbocycles. The minimum Gasteiger partial charge on any atom is -0.295 e. The zero-order valence-electron chi connectivity index (χ0n) is 7.94. The highest BCUT2D eigenvalue weighted by Gasteiger charge is 2.15. The Bertz CT molecular complexity index is 220. The Kier molecular flexibility index (Phi) is 2.85. The topological polar surface area (TPSA) is 17.1 Å². The summed E-state index contributed by atoms with van der Waals surface area (Å²) >= 11 is 0. The zero-order valence-corrected chi connectivity index (χ0v) is 7.94. The molecule has 0 saturated carbocycles. The average molecular weight is 164 g/mol. The van der Waals surface area contributed by atoms with Gasteiger partial charge in [-0.1, -0.05) is 12.2 Å². The van der Waals surface area contributed by atoms with E-state index in [1.807, 2.05) is 6.92 Å². The van der Waals surface area contributed by atoms with Crippen LogP contribution in [0, 0.1) is 0 Å². The van der Waals surface area contributed by atoms with Gasteiger partial charge in [-0.25, -0.2) is 0 Å². The maximum Gasteiger partial charge on any atom is 0.156 e. The summed E-state index contributed by atoms with van der Waals surface area (Å²) in [7, 11) is 0. The lowest BCUT2D eigenvalue weighted by Crippen LogP contribution is -2.07. The first-order chi connectivity index (χ1) is 5.63. The third-order valence-corrected chi connectivity index (χ3v) is 2.41. The molecule has 1 heteroatoms. The first-order valence-electron chi connectivity index (χ1n) is 4.51. The predicted octanol–water partition coefficient (Wildman–Crippen LogP) is 3.02. The van der Waals surface area contributed by atoms with E-state index in [0.717, 1.165) is 30.4 Å². The van der Waals surface area contributed by atoms with Crippen molar-refractivity contribution in [1.29, 1.82) is 0 Å². The second-order valence-corrected chi connectivity index (χ2v) is 3.50. The van der Waals surface area contributed by atoms with Crippen molar-refractivity contribution >= 4 is 5.78 Å². The van der Waals surface area contributed by atoms with E-state index in [2.05, 4.69) is 6.58 Å². The van der Waals surface area contributed by atoms with Crippen molar-refractivity contribution in [3.8, 4) is 0 Å². The fraction of sp³-hybridized carbons (Fsp3) is 0.545. The van der Waals surface area contributed by atoms with E-state index in [-0.39, 0.29) is 5.78 Å². The molecule has 0 aromatic rings. The second-order valence-electron chi connectivity index (χ2n) is 3.50. The van der Waals surface area contributed by atoms with Gasteiger partial charge in [-0.05, 0) is 50.7 Å². The molecule has 0 aliphatic heterocycles. The molecule has 0 amide bonds. The number of hydrogen-bond donors (Lipinski definition) is 0. The maximum atomic E-state index is 11.2. The maximum absolute atomic E-state index is 11.2. The van der Waals surface area contributed by atoms with Crippen molar-refractivity contribution in [2.45, 2.75) is 39.5 Å². The third-order valence-electron chi connectivity index (χ3n) is 2.41. The van der Waals surface area contributed by atoms with Gasteiger partial charge in [-0.3, -0.25) is 4.79 Å². The Morgan fingerprint density at radius 3 is 2.00 bits per heavy atom. The summed E-state index contributed by atoms with van der Waals surface area (Å²) in [5.74, 6) is 0.229. The van der Waals surface area contributed by atoms with Crippen LogP contribution in [0.25, 0.3) is 0 Å². The normalized spacial score (nSPS) is 17.8. The van der Waals surface area contributed by atoms with E-state index in [1.54, 1.807) is 6.92 Å². The number of rotatable bonds is 2. The molecule has 12 heavy (non-hydrogen) atoms. The lowest BCUT2D eigenvalue weighted by atomic mass is 9.86. The Labute approximate surface area is 74.2 Å². The molecule has 1 aliphatic carbocycles. The summed E-state index contributed by atoms with van der Waals surface area (Å²) in [6.07, 6.45) is 4.37. The van der Waals surface area contributed by atoms with Crippen molar-refractivity contribution < 1.29 is 4.79 Å². The molecule has 0 unspecified atom stereocenters. The van der Waals surface area contributed by atoms with Crippen LogP contribution in [0.4, 0.5) is 0 Å². The largest absolute Gasteiger partial charge is 0.295 e. The van der Waals surface area contributed by atoms with Crippen LogP contribution in [0.5, 0.6) is 0 Å². The lowest BCUT2D eigenvalue weighted by molar-refractivity contribution is -0.113. The van der Waals surface area contributed by atoms with E-state index in [1.165, 1.54) is 12.0 Å². The van der Waals surface area contributed by atoms with Crippen molar-refractivity contribution in [3.05, 3.63) is 23.3 Å². The molecule has 0 saturated heterocycles. The van der Waals surface area contributed by atoms with Crippen molar-refractivity contribution in [2.75, 3.05) is 0 Å². The highest BCUT2D eigenvalue weighted by Crippen LogP contribution is 2.29. The first kappa shape index (κ1) is 9.24. The molecular weight excluding hydrogens is 148 g/mol. The highest BCUT2D eigenvalue weighted by molar-refractivity contribution is 5.94. The number of ketones is 1. The van der Waals surface area contributed by atoms with E-state index >= 15 is 0 Å². The zero-order chi connectivity index (χ0) is 9.14. The molecular formula is C11H16O. The number of carbonyl (C=O) groups is 1. The fourth-order valence-electron chi connectivity index (χ4n) is 1.76. The smallest absolute Gasteiger partial charge is 0.156 e. The summed E-state index contributed by atoms with van der Waals surface area (Å²) < 4.78 is 0. The molecule has 0 fully saturated rings. The van der Waals surface area contributed by atoms with Crippen LogP contribution in [-0.2, 0) is 4.79 Å². The van der Waals surface area contributed by atoms with E-state index in [4.69, 9.17) is 0 Å². The number of allylic oxidation sites excluding steroid dienone is 3. The van der Waals surface area contributed by atoms with Gasteiger partial charge in [0.15, 0.2) is 5.78 Å². The first-order valence-corrected chi connectivity index (χ1v) is 4.51. The summed E-state index contributed by atoms with van der Waals surface area (Å²) in [4.78, 5) is 11.2. The SMILES string of the molecule is C=C(C)C1=C(C(C)=O)CCCC1. The van der Waals surface area contributed by atoms with E-state index in [0.29, 0.717) is 0 Å². The van der Waals surface area contributed by atoms with Crippen molar-refractivity contribution in [2.24, 2.45) is 0 Å². The van der Waals surface area contributed by atoms with Gasteiger partial charge in [-0.2, -0.15) is 0 Å². The molecule has 0 atom stereocenters. The molecule has 0 N–H and O–H groups in total. The molecule has 66 valence electrons. The number of hydrogen-bond acceptors (Lipinski definition) is 1. The van der Waals surface area contributed by atoms with Crippen LogP contribution in [-0.4, -0.2) is 5.78 Å². The van der Waals surface area contributed by atoms with Crippen molar-refractivity contribution in [3.63, 3.8) is 0 Å². The Hall–Kier alpha value is -0.850. The lowest BCUT2D eigenvalue weighted by Gasteiger charge is -2.18. The van der Waals surface area contributed by atoms with Gasteiger partial charge in [0.1, 0.15) is 0 Å². The van der Waals surface area contributed by atoms with Gasteiger partial charge in [0, 0.05) is 0 Å². The van der Waals surface area contributed by atoms with E-state index < -0.39 is 0 Å². The third kappa shape index (κ3) is 1.84. The monoisotopic (exact) mass is 164 g/mol. The Morgan fingerprint density at radius 2 is 1.67 bits per heavy atom. The van der Waals surface area contributed by atoms with Gasteiger partial charge in [0.2, 0.25) is 0 Å². The average Bonchev–Trinajstić information content (AvgIpc) is 2.04. The van der Waals surface area contributed by atoms with Crippen LogP contribution in [0.15, 0.2) is 23.3 Å². The second kappa shape index (κ2) is 3.70. The summed E-state index contributed by atoms with van der Waals surface area (Å²) in [5, 5.41) is 0. The van der Waals surface area contributed by atoms with Crippen LogP contribution in [0.2, 0.25) is 0 Å². The highest BCUT2D eigenvalue weighted by atomic mass is 16.1. The number of Topliss-reactive ketones (excluding diaryl/α,β-unsaturated/α-hetero) is 1. The quantitative estimate of drug-likeness (QED) is 0.613. The standard InChI is InChI=1S/C11H16O/c1-8(2)10-6-4-5-7-11(10)9(3)12/h1,4-7H2,2-3H3. The summed E-state index contributed by atoms with van der Waals surface area (Å²) in [5.41, 5.74) is 3.31. The number of carbonyl (C=O) groups excluding carboxylic acids is 1. The molecule has 1 aliphatic rings. The van der Waals surface area contributed by atoms with Gasteiger partial charge in [-0.15, -0.1) is 0 Å². The van der Waals surface area contributed by atoms with Gasteiger partial charge >= 0.3 is 0 Å². The minimum atomic E-state index is 0.229. The summed E-state index contributed by atoms with van der Waals surface area (Å²) in [6, 6.07) is 0. The van der Waals surface area contributed by atoms with Crippen LogP contribution < -0.4 is 0 Å². The van der Waals surface area contributed by atoms with Crippen LogP contribution in [0.1, 0.15) is 39.5 Å². The predicted molar refractivity (Wildman–Crippen MR) is 51.0 cm³/mol. The molecule has 1 rings (SSSR count). The minimum absolute atomic E-state index is 0.229. The van der Waals surface area contributed by atoms with Crippen LogP contribution in [0.3, 0.4) is 0 Å². The van der Waals surface area contributed by atoms with Gasteiger partial charge in [0.25, 0.3) is 0 Å². The van der Waals surface area contributed by atoms with Gasteiger partial charge < -0.3 is 0 Å². The molecule has 0 aromatic heterocycles. The van der Waals surface area contributed by atoms with Crippen molar-refractivity contribution in [1.82, 2.24) is 0 Å². The van der Waals surface area contributed by atoms with E-state index in [9.17, 15) is 4.79 Å². The molecule has 0 radical (unpaired) electrons. The Balaban J connectivity index is 2.99. The molecule has 0 heterocycles. The fourth-order valence-corrected chi connectivity index (χ4v) is 1.76. The molecule has 0 spiro atoms.